The highest BCUT2D eigenvalue weighted by Gasteiger charge is 2.18. The van der Waals surface area contributed by atoms with E-state index in [2.05, 4.69) is 17.1 Å². The second-order valence-electron chi connectivity index (χ2n) is 4.76. The predicted molar refractivity (Wildman–Crippen MR) is 68.9 cm³/mol. The molecule has 3 nitrogen and oxygen atoms in total. The second kappa shape index (κ2) is 8.97. The molecule has 1 heterocycles. The maximum Gasteiger partial charge on any atom is 0.0698 e. The molecule has 0 amide bonds. The topological polar surface area (TPSA) is 24.5 Å². The summed E-state index contributed by atoms with van der Waals surface area (Å²) in [7, 11) is 1.84. The first-order valence-electron chi connectivity index (χ1n) is 6.82. The number of piperidine rings is 1. The van der Waals surface area contributed by atoms with Gasteiger partial charge in [-0.3, -0.25) is 0 Å². The van der Waals surface area contributed by atoms with Crippen molar-refractivity contribution in [2.45, 2.75) is 45.1 Å². The molecule has 3 heteroatoms. The minimum Gasteiger partial charge on any atom is -0.380 e. The van der Waals surface area contributed by atoms with Gasteiger partial charge in [-0.25, -0.2) is 0 Å². The van der Waals surface area contributed by atoms with E-state index >= 15 is 0 Å². The average Bonchev–Trinajstić information content (AvgIpc) is 2.34. The van der Waals surface area contributed by atoms with E-state index in [1.54, 1.807) is 0 Å². The highest BCUT2D eigenvalue weighted by molar-refractivity contribution is 4.72. The molecule has 1 aliphatic heterocycles. The van der Waals surface area contributed by atoms with Crippen molar-refractivity contribution in [3.8, 4) is 0 Å². The van der Waals surface area contributed by atoms with Crippen LogP contribution in [0.4, 0.5) is 0 Å². The minimum atomic E-state index is 0.479. The molecule has 1 N–H and O–H groups in total. The molecule has 1 aliphatic rings. The van der Waals surface area contributed by atoms with E-state index < -0.39 is 0 Å². The van der Waals surface area contributed by atoms with Crippen molar-refractivity contribution >= 4 is 0 Å². The summed E-state index contributed by atoms with van der Waals surface area (Å²) < 4.78 is 5.43. The number of nitrogens with one attached hydrogen (secondary N) is 1. The van der Waals surface area contributed by atoms with Gasteiger partial charge in [-0.15, -0.1) is 0 Å². The zero-order chi connectivity index (χ0) is 11.6. The number of rotatable bonds is 8. The van der Waals surface area contributed by atoms with Crippen molar-refractivity contribution in [2.75, 3.05) is 39.8 Å². The number of methoxy groups -OCH3 is 1. The van der Waals surface area contributed by atoms with Crippen molar-refractivity contribution in [1.29, 1.82) is 0 Å². The summed E-state index contributed by atoms with van der Waals surface area (Å²) in [6, 6.07) is 0. The van der Waals surface area contributed by atoms with E-state index in [0.717, 1.165) is 13.1 Å². The molecule has 0 aromatic rings. The van der Waals surface area contributed by atoms with Gasteiger partial charge in [0.1, 0.15) is 0 Å². The van der Waals surface area contributed by atoms with E-state index in [1.165, 1.54) is 51.7 Å². The highest BCUT2D eigenvalue weighted by atomic mass is 16.5. The molecule has 0 aliphatic carbocycles. The summed E-state index contributed by atoms with van der Waals surface area (Å²) >= 11 is 0. The van der Waals surface area contributed by atoms with Crippen molar-refractivity contribution < 1.29 is 4.74 Å². The molecule has 96 valence electrons. The molecular weight excluding hydrogens is 200 g/mol. The summed E-state index contributed by atoms with van der Waals surface area (Å²) in [5.74, 6) is 0. The van der Waals surface area contributed by atoms with Crippen molar-refractivity contribution in [3.05, 3.63) is 0 Å². The monoisotopic (exact) mass is 228 g/mol. The molecule has 1 unspecified atom stereocenters. The Morgan fingerprint density at radius 1 is 1.31 bits per heavy atom. The maximum absolute atomic E-state index is 5.43. The van der Waals surface area contributed by atoms with Crippen LogP contribution in [0.3, 0.4) is 0 Å². The fourth-order valence-corrected chi connectivity index (χ4v) is 2.30. The summed E-state index contributed by atoms with van der Waals surface area (Å²) in [4.78, 5) is 2.55. The Morgan fingerprint density at radius 2 is 2.19 bits per heavy atom. The van der Waals surface area contributed by atoms with Crippen molar-refractivity contribution in [3.63, 3.8) is 0 Å². The van der Waals surface area contributed by atoms with Gasteiger partial charge in [0.25, 0.3) is 0 Å². The molecule has 0 spiro atoms. The van der Waals surface area contributed by atoms with Crippen LogP contribution in [0.1, 0.15) is 39.0 Å². The largest absolute Gasteiger partial charge is 0.380 e. The Balaban J connectivity index is 1.95. The van der Waals surface area contributed by atoms with Crippen LogP contribution < -0.4 is 5.32 Å². The normalized spacial score (nSPS) is 22.5. The molecule has 0 radical (unpaired) electrons. The number of unbranched alkanes of at least 4 members (excludes halogenated alkanes) is 1. The Morgan fingerprint density at radius 3 is 2.94 bits per heavy atom. The fraction of sp³-hybridized carbons (Fsp3) is 1.00. The molecule has 0 bridgehead atoms. The minimum absolute atomic E-state index is 0.479. The molecule has 0 aromatic carbocycles. The van der Waals surface area contributed by atoms with Crippen LogP contribution in [0, 0.1) is 0 Å². The van der Waals surface area contributed by atoms with Crippen LogP contribution in [-0.2, 0) is 4.74 Å². The van der Waals surface area contributed by atoms with Gasteiger partial charge in [0, 0.05) is 13.7 Å². The van der Waals surface area contributed by atoms with Gasteiger partial charge in [-0.05, 0) is 58.3 Å². The number of hydrogen-bond donors (Lipinski definition) is 1. The molecule has 1 atom stereocenters. The summed E-state index contributed by atoms with van der Waals surface area (Å²) in [5.41, 5.74) is 0. The number of nitrogens with zero attached hydrogens (tertiary/aromatic N) is 1. The molecule has 1 rings (SSSR count). The molecule has 0 aromatic heterocycles. The van der Waals surface area contributed by atoms with Crippen LogP contribution in [0.25, 0.3) is 0 Å². The van der Waals surface area contributed by atoms with Crippen LogP contribution in [0.2, 0.25) is 0 Å². The zero-order valence-corrected chi connectivity index (χ0v) is 11.0. The van der Waals surface area contributed by atoms with E-state index in [0.29, 0.717) is 6.10 Å². The van der Waals surface area contributed by atoms with Gasteiger partial charge in [0.05, 0.1) is 6.10 Å². The lowest BCUT2D eigenvalue weighted by atomic mass is 10.1. The standard InChI is InChI=1S/C13H28N2O/c1-3-8-14-9-4-5-10-15-11-6-7-13(12-15)16-2/h13-14H,3-12H2,1-2H3. The van der Waals surface area contributed by atoms with Gasteiger partial charge in [-0.2, -0.15) is 0 Å². The lowest BCUT2D eigenvalue weighted by molar-refractivity contribution is 0.0309. The average molecular weight is 228 g/mol. The zero-order valence-electron chi connectivity index (χ0n) is 11.0. The third kappa shape index (κ3) is 5.83. The van der Waals surface area contributed by atoms with E-state index in [-0.39, 0.29) is 0 Å². The fourth-order valence-electron chi connectivity index (χ4n) is 2.30. The third-order valence-electron chi connectivity index (χ3n) is 3.30. The van der Waals surface area contributed by atoms with Crippen LogP contribution in [0.5, 0.6) is 0 Å². The Hall–Kier alpha value is -0.120. The number of likely N-dealkylation sites (tertiary alicyclic amines) is 1. The van der Waals surface area contributed by atoms with Crippen molar-refractivity contribution in [2.24, 2.45) is 0 Å². The highest BCUT2D eigenvalue weighted by Crippen LogP contribution is 2.12. The third-order valence-corrected chi connectivity index (χ3v) is 3.30. The van der Waals surface area contributed by atoms with Crippen LogP contribution >= 0.6 is 0 Å². The SMILES string of the molecule is CCCNCCCCN1CCCC(OC)C1. The lowest BCUT2D eigenvalue weighted by Gasteiger charge is -2.31. The first-order chi connectivity index (χ1) is 7.86. The van der Waals surface area contributed by atoms with Crippen molar-refractivity contribution in [1.82, 2.24) is 10.2 Å². The van der Waals surface area contributed by atoms with E-state index in [9.17, 15) is 0 Å². The quantitative estimate of drug-likeness (QED) is 0.642. The second-order valence-corrected chi connectivity index (χ2v) is 4.76. The van der Waals surface area contributed by atoms with Gasteiger partial charge in [0.2, 0.25) is 0 Å². The predicted octanol–water partition coefficient (Wildman–Crippen LogP) is 1.88. The van der Waals surface area contributed by atoms with E-state index in [4.69, 9.17) is 4.74 Å². The molecule has 1 fully saturated rings. The van der Waals surface area contributed by atoms with Crippen LogP contribution in [-0.4, -0.2) is 50.8 Å². The summed E-state index contributed by atoms with van der Waals surface area (Å²) in [6.45, 7) is 8.20. The summed E-state index contributed by atoms with van der Waals surface area (Å²) in [5, 5.41) is 3.45. The van der Waals surface area contributed by atoms with Gasteiger partial charge in [-0.1, -0.05) is 6.92 Å². The van der Waals surface area contributed by atoms with Gasteiger partial charge < -0.3 is 15.0 Å². The van der Waals surface area contributed by atoms with Gasteiger partial charge in [0.15, 0.2) is 0 Å². The summed E-state index contributed by atoms with van der Waals surface area (Å²) in [6.07, 6.45) is 6.87. The molecular formula is C13H28N2O. The van der Waals surface area contributed by atoms with Gasteiger partial charge >= 0.3 is 0 Å². The first kappa shape index (κ1) is 13.9. The van der Waals surface area contributed by atoms with Crippen LogP contribution in [0.15, 0.2) is 0 Å². The Bertz CT molecular complexity index is 164. The lowest BCUT2D eigenvalue weighted by Crippen LogP contribution is -2.39. The smallest absolute Gasteiger partial charge is 0.0698 e. The molecule has 16 heavy (non-hydrogen) atoms. The Kier molecular flexibility index (Phi) is 7.81. The Labute approximate surface area is 101 Å². The molecule has 1 saturated heterocycles. The maximum atomic E-state index is 5.43. The van der Waals surface area contributed by atoms with E-state index in [1.807, 2.05) is 7.11 Å². The number of ether oxygens (including phenoxy) is 1. The number of hydrogen-bond acceptors (Lipinski definition) is 3. The molecule has 0 saturated carbocycles. The first-order valence-corrected chi connectivity index (χ1v) is 6.82.